The molecule has 1 atom stereocenters. The summed E-state index contributed by atoms with van der Waals surface area (Å²) in [4.78, 5) is 28.2. The monoisotopic (exact) mass is 335 g/mol. The van der Waals surface area contributed by atoms with Crippen LogP contribution in [0.25, 0.3) is 0 Å². The number of carbonyl (C=O) groups excluding carboxylic acids is 2. The molecule has 0 bridgehead atoms. The van der Waals surface area contributed by atoms with E-state index in [1.165, 1.54) is 32.1 Å². The highest BCUT2D eigenvalue weighted by atomic mass is 16.2. The van der Waals surface area contributed by atoms with Gasteiger partial charge in [-0.3, -0.25) is 4.79 Å². The molecule has 3 amide bonds. The summed E-state index contributed by atoms with van der Waals surface area (Å²) in [5, 5.41) is 3.25. The summed E-state index contributed by atoms with van der Waals surface area (Å²) >= 11 is 0. The first-order valence-electron chi connectivity index (χ1n) is 9.78. The van der Waals surface area contributed by atoms with Gasteiger partial charge >= 0.3 is 6.03 Å². The molecule has 0 radical (unpaired) electrons. The second-order valence-corrected chi connectivity index (χ2v) is 8.37. The second kappa shape index (κ2) is 7.32. The van der Waals surface area contributed by atoms with Crippen molar-refractivity contribution in [3.8, 4) is 0 Å². The van der Waals surface area contributed by atoms with Crippen molar-refractivity contribution < 1.29 is 9.59 Å². The lowest BCUT2D eigenvalue weighted by atomic mass is 9.72. The van der Waals surface area contributed by atoms with Crippen LogP contribution < -0.4 is 5.32 Å². The molecule has 1 aliphatic carbocycles. The van der Waals surface area contributed by atoms with Crippen LogP contribution in [0.3, 0.4) is 0 Å². The van der Waals surface area contributed by atoms with Crippen molar-refractivity contribution in [3.05, 3.63) is 0 Å². The number of carbonyl (C=O) groups is 2. The largest absolute Gasteiger partial charge is 0.345 e. The van der Waals surface area contributed by atoms with E-state index in [2.05, 4.69) is 12.2 Å². The summed E-state index contributed by atoms with van der Waals surface area (Å²) in [6, 6.07) is 0.398. The molecule has 3 fully saturated rings. The average Bonchev–Trinajstić information content (AvgIpc) is 2.60. The maximum absolute atomic E-state index is 12.6. The lowest BCUT2D eigenvalue weighted by Gasteiger charge is -2.46. The number of amides is 3. The maximum atomic E-state index is 12.6. The topological polar surface area (TPSA) is 52.7 Å². The first-order valence-corrected chi connectivity index (χ1v) is 9.78. The Labute approximate surface area is 146 Å². The van der Waals surface area contributed by atoms with Gasteiger partial charge in [0.05, 0.1) is 0 Å². The van der Waals surface area contributed by atoms with Crippen LogP contribution in [0, 0.1) is 11.3 Å². The number of urea groups is 1. The molecule has 24 heavy (non-hydrogen) atoms. The summed E-state index contributed by atoms with van der Waals surface area (Å²) in [6.07, 6.45) is 10.2. The molecule has 5 heteroatoms. The van der Waals surface area contributed by atoms with E-state index in [0.717, 1.165) is 38.9 Å². The fourth-order valence-electron chi connectivity index (χ4n) is 4.86. The highest BCUT2D eigenvalue weighted by molar-refractivity contribution is 5.77. The lowest BCUT2D eigenvalue weighted by molar-refractivity contribution is -0.137. The Bertz CT molecular complexity index is 465. The molecule has 1 N–H and O–H groups in total. The maximum Gasteiger partial charge on any atom is 0.317 e. The highest BCUT2D eigenvalue weighted by Crippen LogP contribution is 2.39. The third kappa shape index (κ3) is 3.86. The van der Waals surface area contributed by atoms with E-state index in [4.69, 9.17) is 0 Å². The lowest BCUT2D eigenvalue weighted by Crippen LogP contribution is -2.54. The minimum Gasteiger partial charge on any atom is -0.345 e. The minimum atomic E-state index is 0.114. The van der Waals surface area contributed by atoms with Gasteiger partial charge in [-0.25, -0.2) is 4.79 Å². The molecule has 136 valence electrons. The van der Waals surface area contributed by atoms with Crippen molar-refractivity contribution in [1.82, 2.24) is 15.1 Å². The first-order chi connectivity index (χ1) is 11.5. The van der Waals surface area contributed by atoms with E-state index in [1.54, 1.807) is 0 Å². The zero-order valence-corrected chi connectivity index (χ0v) is 15.4. The third-order valence-corrected chi connectivity index (χ3v) is 6.69. The number of nitrogens with zero attached hydrogens (tertiary/aromatic N) is 2. The average molecular weight is 335 g/mol. The van der Waals surface area contributed by atoms with Crippen molar-refractivity contribution in [3.63, 3.8) is 0 Å². The smallest absolute Gasteiger partial charge is 0.317 e. The molecule has 2 aliphatic heterocycles. The van der Waals surface area contributed by atoms with E-state index in [9.17, 15) is 9.59 Å². The van der Waals surface area contributed by atoms with Crippen LogP contribution in [0.2, 0.25) is 0 Å². The van der Waals surface area contributed by atoms with Gasteiger partial charge in [0, 0.05) is 39.1 Å². The van der Waals surface area contributed by atoms with Gasteiger partial charge in [0.25, 0.3) is 0 Å². The minimum absolute atomic E-state index is 0.114. The van der Waals surface area contributed by atoms with Crippen LogP contribution in [0.1, 0.15) is 64.7 Å². The summed E-state index contributed by atoms with van der Waals surface area (Å²) in [5.41, 5.74) is 0.244. The number of hydrogen-bond donors (Lipinski definition) is 1. The highest BCUT2D eigenvalue weighted by Gasteiger charge is 2.40. The van der Waals surface area contributed by atoms with E-state index < -0.39 is 0 Å². The van der Waals surface area contributed by atoms with Crippen LogP contribution >= 0.6 is 0 Å². The number of nitrogens with one attached hydrogen (secondary N) is 1. The Kier molecular flexibility index (Phi) is 5.36. The van der Waals surface area contributed by atoms with Gasteiger partial charge in [0.15, 0.2) is 0 Å². The molecule has 0 aromatic heterocycles. The molecule has 2 saturated heterocycles. The van der Waals surface area contributed by atoms with Gasteiger partial charge in [-0.15, -0.1) is 0 Å². The van der Waals surface area contributed by atoms with E-state index in [0.29, 0.717) is 12.3 Å². The molecule has 0 aromatic carbocycles. The number of hydrogen-bond acceptors (Lipinski definition) is 2. The van der Waals surface area contributed by atoms with Gasteiger partial charge in [-0.1, -0.05) is 19.3 Å². The zero-order valence-electron chi connectivity index (χ0n) is 15.4. The molecule has 1 saturated carbocycles. The molecular weight excluding hydrogens is 302 g/mol. The molecule has 3 rings (SSSR count). The standard InChI is InChI=1S/C19H33N3O2/c1-15(16-6-4-3-5-7-16)20-18(24)22-12-10-19(11-13-22)9-8-17(23)21(2)14-19/h15-16H,3-14H2,1-2H3,(H,20,24). The summed E-state index contributed by atoms with van der Waals surface area (Å²) in [6.45, 7) is 4.68. The predicted octanol–water partition coefficient (Wildman–Crippen LogP) is 3.00. The normalized spacial score (nSPS) is 26.5. The van der Waals surface area contributed by atoms with Crippen molar-refractivity contribution >= 4 is 11.9 Å². The van der Waals surface area contributed by atoms with E-state index >= 15 is 0 Å². The Morgan fingerprint density at radius 2 is 1.83 bits per heavy atom. The van der Waals surface area contributed by atoms with Crippen molar-refractivity contribution in [1.29, 1.82) is 0 Å². The Morgan fingerprint density at radius 3 is 2.46 bits per heavy atom. The number of rotatable bonds is 2. The quantitative estimate of drug-likeness (QED) is 0.843. The molecule has 1 unspecified atom stereocenters. The number of piperidine rings is 2. The molecule has 2 heterocycles. The van der Waals surface area contributed by atoms with Crippen LogP contribution in [0.4, 0.5) is 4.79 Å². The SMILES string of the molecule is CC(NC(=O)N1CCC2(CCC(=O)N(C)C2)CC1)C1CCCCC1. The van der Waals surface area contributed by atoms with Crippen LogP contribution in [-0.2, 0) is 4.79 Å². The van der Waals surface area contributed by atoms with Gasteiger partial charge in [0.2, 0.25) is 5.91 Å². The Morgan fingerprint density at radius 1 is 1.17 bits per heavy atom. The van der Waals surface area contributed by atoms with Crippen LogP contribution in [-0.4, -0.2) is 54.5 Å². The first kappa shape index (κ1) is 17.6. The van der Waals surface area contributed by atoms with Crippen molar-refractivity contribution in [2.24, 2.45) is 11.3 Å². The number of likely N-dealkylation sites (tertiary alicyclic amines) is 2. The summed E-state index contributed by atoms with van der Waals surface area (Å²) in [7, 11) is 1.91. The Balaban J connectivity index is 1.47. The van der Waals surface area contributed by atoms with Crippen molar-refractivity contribution in [2.75, 3.05) is 26.7 Å². The molecule has 1 spiro atoms. The van der Waals surface area contributed by atoms with Crippen LogP contribution in [0.5, 0.6) is 0 Å². The second-order valence-electron chi connectivity index (χ2n) is 8.37. The molecule has 5 nitrogen and oxygen atoms in total. The molecular formula is C19H33N3O2. The predicted molar refractivity (Wildman–Crippen MR) is 94.7 cm³/mol. The van der Waals surface area contributed by atoms with Gasteiger partial charge in [0.1, 0.15) is 0 Å². The Hall–Kier alpha value is -1.26. The van der Waals surface area contributed by atoms with Crippen LogP contribution in [0.15, 0.2) is 0 Å². The van der Waals surface area contributed by atoms with Gasteiger partial charge in [-0.05, 0) is 50.4 Å². The fraction of sp³-hybridized carbons (Fsp3) is 0.895. The van der Waals surface area contributed by atoms with Gasteiger partial charge < -0.3 is 15.1 Å². The van der Waals surface area contributed by atoms with E-state index in [1.807, 2.05) is 16.8 Å². The fourth-order valence-corrected chi connectivity index (χ4v) is 4.86. The molecule has 0 aromatic rings. The molecule has 3 aliphatic rings. The summed E-state index contributed by atoms with van der Waals surface area (Å²) < 4.78 is 0. The summed E-state index contributed by atoms with van der Waals surface area (Å²) in [5.74, 6) is 0.916. The third-order valence-electron chi connectivity index (χ3n) is 6.69. The van der Waals surface area contributed by atoms with E-state index in [-0.39, 0.29) is 23.4 Å². The van der Waals surface area contributed by atoms with Gasteiger partial charge in [-0.2, -0.15) is 0 Å². The zero-order chi connectivity index (χ0) is 17.2. The van der Waals surface area contributed by atoms with Crippen molar-refractivity contribution in [2.45, 2.75) is 70.8 Å².